The quantitative estimate of drug-likeness (QED) is 0.801. The van der Waals surface area contributed by atoms with E-state index < -0.39 is 6.04 Å². The van der Waals surface area contributed by atoms with Crippen LogP contribution in [0.2, 0.25) is 0 Å². The second-order valence-corrected chi connectivity index (χ2v) is 7.20. The average Bonchev–Trinajstić information content (AvgIpc) is 2.87. The van der Waals surface area contributed by atoms with E-state index in [1.165, 1.54) is 19.3 Å². The first kappa shape index (κ1) is 17.7. The van der Waals surface area contributed by atoms with Crippen molar-refractivity contribution in [3.8, 4) is 0 Å². The van der Waals surface area contributed by atoms with Gasteiger partial charge in [-0.2, -0.15) is 0 Å². The van der Waals surface area contributed by atoms with Crippen LogP contribution in [0.15, 0.2) is 41.7 Å². The summed E-state index contributed by atoms with van der Waals surface area (Å²) >= 11 is 0. The summed E-state index contributed by atoms with van der Waals surface area (Å²) in [4.78, 5) is 26.8. The van der Waals surface area contributed by atoms with Crippen molar-refractivity contribution in [2.75, 3.05) is 6.54 Å². The molecule has 3 rings (SSSR count). The van der Waals surface area contributed by atoms with Crippen LogP contribution in [0.1, 0.15) is 51.0 Å². The molecular formula is C21H27NO3. The van der Waals surface area contributed by atoms with Crippen LogP contribution in [-0.4, -0.2) is 34.3 Å². The van der Waals surface area contributed by atoms with E-state index in [1.807, 2.05) is 30.3 Å². The molecule has 2 aliphatic rings. The largest absolute Gasteiger partial charge is 0.509 e. The number of amides is 1. The molecule has 0 radical (unpaired) electrons. The molecule has 1 heterocycles. The minimum Gasteiger partial charge on any atom is -0.509 e. The third-order valence-corrected chi connectivity index (χ3v) is 5.47. The third kappa shape index (κ3) is 3.78. The van der Waals surface area contributed by atoms with Crippen LogP contribution in [-0.2, 0) is 16.0 Å². The van der Waals surface area contributed by atoms with E-state index in [4.69, 9.17) is 0 Å². The van der Waals surface area contributed by atoms with E-state index in [0.717, 1.165) is 18.4 Å². The van der Waals surface area contributed by atoms with Gasteiger partial charge in [-0.05, 0) is 24.3 Å². The highest BCUT2D eigenvalue weighted by Crippen LogP contribution is 2.32. The van der Waals surface area contributed by atoms with Gasteiger partial charge in [-0.3, -0.25) is 9.59 Å². The Kier molecular flexibility index (Phi) is 5.57. The van der Waals surface area contributed by atoms with E-state index >= 15 is 0 Å². The van der Waals surface area contributed by atoms with Crippen LogP contribution in [0, 0.1) is 5.92 Å². The SMILES string of the molecule is CCC(=O)C1=C(O)[C@H](Cc2ccccc2)N(CC2CCCCC2)C1=O. The van der Waals surface area contributed by atoms with E-state index in [0.29, 0.717) is 18.9 Å². The Labute approximate surface area is 149 Å². The first-order valence-corrected chi connectivity index (χ1v) is 9.43. The number of carbonyl (C=O) groups excluding carboxylic acids is 2. The first-order valence-electron chi connectivity index (χ1n) is 9.43. The van der Waals surface area contributed by atoms with Crippen molar-refractivity contribution >= 4 is 11.7 Å². The predicted octanol–water partition coefficient (Wildman–Crippen LogP) is 3.81. The number of hydrogen-bond donors (Lipinski definition) is 1. The fraction of sp³-hybridized carbons (Fsp3) is 0.524. The molecule has 0 unspecified atom stereocenters. The van der Waals surface area contributed by atoms with Crippen LogP contribution in [0.3, 0.4) is 0 Å². The Morgan fingerprint density at radius 1 is 1.16 bits per heavy atom. The van der Waals surface area contributed by atoms with Gasteiger partial charge in [0.25, 0.3) is 5.91 Å². The van der Waals surface area contributed by atoms with Crippen molar-refractivity contribution in [1.82, 2.24) is 4.90 Å². The Balaban J connectivity index is 1.85. The number of rotatable bonds is 6. The number of aliphatic hydroxyl groups is 1. The summed E-state index contributed by atoms with van der Waals surface area (Å²) in [5, 5.41) is 10.7. The van der Waals surface area contributed by atoms with Gasteiger partial charge in [0, 0.05) is 19.4 Å². The molecular weight excluding hydrogens is 314 g/mol. The molecule has 134 valence electrons. The van der Waals surface area contributed by atoms with Crippen LogP contribution in [0.4, 0.5) is 0 Å². The van der Waals surface area contributed by atoms with Crippen LogP contribution < -0.4 is 0 Å². The van der Waals surface area contributed by atoms with Gasteiger partial charge in [-0.15, -0.1) is 0 Å². The lowest BCUT2D eigenvalue weighted by atomic mass is 9.88. The minimum atomic E-state index is -0.415. The van der Waals surface area contributed by atoms with E-state index in [1.54, 1.807) is 11.8 Å². The minimum absolute atomic E-state index is 0.0132. The summed E-state index contributed by atoms with van der Waals surface area (Å²) in [6, 6.07) is 9.44. The highest BCUT2D eigenvalue weighted by atomic mass is 16.3. The molecule has 1 atom stereocenters. The Morgan fingerprint density at radius 3 is 2.48 bits per heavy atom. The van der Waals surface area contributed by atoms with Crippen LogP contribution in [0.25, 0.3) is 0 Å². The standard InChI is InChI=1S/C21H27NO3/c1-2-18(23)19-20(24)17(13-15-9-5-3-6-10-15)22(21(19)25)14-16-11-7-4-8-12-16/h3,5-6,9-10,16-17,24H,2,4,7-8,11-14H2,1H3/t17-/m0/s1. The average molecular weight is 341 g/mol. The number of benzene rings is 1. The molecule has 1 fully saturated rings. The van der Waals surface area contributed by atoms with Crippen molar-refractivity contribution in [1.29, 1.82) is 0 Å². The summed E-state index contributed by atoms with van der Waals surface area (Å²) in [6.07, 6.45) is 6.71. The predicted molar refractivity (Wildman–Crippen MR) is 97.2 cm³/mol. The molecule has 1 saturated carbocycles. The normalized spacial score (nSPS) is 21.9. The zero-order chi connectivity index (χ0) is 17.8. The molecule has 4 nitrogen and oxygen atoms in total. The topological polar surface area (TPSA) is 57.6 Å². The molecule has 4 heteroatoms. The number of carbonyl (C=O) groups is 2. The van der Waals surface area contributed by atoms with Gasteiger partial charge >= 0.3 is 0 Å². The molecule has 1 aromatic carbocycles. The molecule has 1 amide bonds. The number of Topliss-reactive ketones (excluding diaryl/α,β-unsaturated/α-hetero) is 1. The Hall–Kier alpha value is -2.10. The zero-order valence-corrected chi connectivity index (χ0v) is 14.9. The Morgan fingerprint density at radius 2 is 1.84 bits per heavy atom. The lowest BCUT2D eigenvalue weighted by molar-refractivity contribution is -0.130. The van der Waals surface area contributed by atoms with E-state index in [2.05, 4.69) is 0 Å². The summed E-state index contributed by atoms with van der Waals surface area (Å²) in [5.41, 5.74) is 1.07. The van der Waals surface area contributed by atoms with Crippen LogP contribution in [0.5, 0.6) is 0 Å². The van der Waals surface area contributed by atoms with Crippen LogP contribution >= 0.6 is 0 Å². The number of nitrogens with zero attached hydrogens (tertiary/aromatic N) is 1. The van der Waals surface area contributed by atoms with E-state index in [-0.39, 0.29) is 29.4 Å². The summed E-state index contributed by atoms with van der Waals surface area (Å²) in [7, 11) is 0. The molecule has 25 heavy (non-hydrogen) atoms. The zero-order valence-electron chi connectivity index (χ0n) is 14.9. The second-order valence-electron chi connectivity index (χ2n) is 7.20. The monoisotopic (exact) mass is 341 g/mol. The molecule has 1 N–H and O–H groups in total. The van der Waals surface area contributed by atoms with Crippen molar-refractivity contribution in [2.45, 2.75) is 57.9 Å². The smallest absolute Gasteiger partial charge is 0.261 e. The van der Waals surface area contributed by atoms with Gasteiger partial charge in [0.15, 0.2) is 5.78 Å². The highest BCUT2D eigenvalue weighted by molar-refractivity contribution is 6.21. The summed E-state index contributed by atoms with van der Waals surface area (Å²) < 4.78 is 0. The van der Waals surface area contributed by atoms with Gasteiger partial charge in [0.1, 0.15) is 11.3 Å². The van der Waals surface area contributed by atoms with Gasteiger partial charge in [0.05, 0.1) is 6.04 Å². The number of ketones is 1. The van der Waals surface area contributed by atoms with Crippen molar-refractivity contribution in [3.05, 3.63) is 47.2 Å². The number of hydrogen-bond acceptors (Lipinski definition) is 3. The second kappa shape index (κ2) is 7.85. The lowest BCUT2D eigenvalue weighted by Gasteiger charge is -2.31. The molecule has 1 aliphatic heterocycles. The maximum absolute atomic E-state index is 12.9. The van der Waals surface area contributed by atoms with Crippen molar-refractivity contribution in [2.24, 2.45) is 5.92 Å². The molecule has 0 bridgehead atoms. The third-order valence-electron chi connectivity index (χ3n) is 5.47. The van der Waals surface area contributed by atoms with Crippen molar-refractivity contribution < 1.29 is 14.7 Å². The Bertz CT molecular complexity index is 659. The van der Waals surface area contributed by atoms with Gasteiger partial charge in [-0.25, -0.2) is 0 Å². The maximum Gasteiger partial charge on any atom is 0.261 e. The molecule has 0 aromatic heterocycles. The van der Waals surface area contributed by atoms with E-state index in [9.17, 15) is 14.7 Å². The molecule has 0 spiro atoms. The maximum atomic E-state index is 12.9. The van der Waals surface area contributed by atoms with Gasteiger partial charge in [0.2, 0.25) is 0 Å². The molecule has 1 aliphatic carbocycles. The number of aliphatic hydroxyl groups excluding tert-OH is 1. The van der Waals surface area contributed by atoms with Crippen molar-refractivity contribution in [3.63, 3.8) is 0 Å². The summed E-state index contributed by atoms with van der Waals surface area (Å²) in [6.45, 7) is 2.37. The highest BCUT2D eigenvalue weighted by Gasteiger charge is 2.42. The van der Waals surface area contributed by atoms with Gasteiger partial charge < -0.3 is 10.0 Å². The fourth-order valence-electron chi connectivity index (χ4n) is 4.05. The molecule has 1 aromatic rings. The summed E-state index contributed by atoms with van der Waals surface area (Å²) in [5.74, 6) is -0.0982. The lowest BCUT2D eigenvalue weighted by Crippen LogP contribution is -2.41. The first-order chi connectivity index (χ1) is 12.1. The fourth-order valence-corrected chi connectivity index (χ4v) is 4.05. The molecule has 0 saturated heterocycles. The van der Waals surface area contributed by atoms with Gasteiger partial charge in [-0.1, -0.05) is 56.5 Å².